The van der Waals surface area contributed by atoms with Gasteiger partial charge >= 0.3 is 0 Å². The minimum absolute atomic E-state index is 0.0141. The number of nitrogens with one attached hydrogen (secondary N) is 1. The maximum Gasteiger partial charge on any atom is 0.231 e. The molecule has 0 unspecified atom stereocenters. The number of hydrogen-bond acceptors (Lipinski definition) is 4. The van der Waals surface area contributed by atoms with Gasteiger partial charge in [0.1, 0.15) is 6.54 Å². The second-order valence-corrected chi connectivity index (χ2v) is 7.08. The molecule has 5 nitrogen and oxygen atoms in total. The molecule has 1 aromatic heterocycles. The molecule has 3 rings (SSSR count). The number of hydrogen-bond donors (Lipinski definition) is 1. The Hall–Kier alpha value is -3.04. The third-order valence-electron chi connectivity index (χ3n) is 4.09. The third-order valence-corrected chi connectivity index (χ3v) is 5.04. The van der Waals surface area contributed by atoms with Gasteiger partial charge in [-0.1, -0.05) is 59.8 Å². The van der Waals surface area contributed by atoms with E-state index >= 15 is 0 Å². The summed E-state index contributed by atoms with van der Waals surface area (Å²) in [4.78, 5) is 16.5. The first-order valence-corrected chi connectivity index (χ1v) is 9.56. The van der Waals surface area contributed by atoms with E-state index in [4.69, 9.17) is 5.26 Å². The highest BCUT2D eigenvalue weighted by Gasteiger charge is 2.16. The third kappa shape index (κ3) is 4.39. The number of carbonyl (C=O) groups excluding carboxylic acids is 1. The zero-order valence-electron chi connectivity index (χ0n) is 15.3. The van der Waals surface area contributed by atoms with Crippen molar-refractivity contribution in [1.29, 1.82) is 5.26 Å². The molecule has 0 aliphatic rings. The van der Waals surface area contributed by atoms with Gasteiger partial charge in [0.05, 0.1) is 29.4 Å². The summed E-state index contributed by atoms with van der Waals surface area (Å²) in [5, 5.41) is 11.9. The van der Waals surface area contributed by atoms with Crippen molar-refractivity contribution in [3.05, 3.63) is 65.9 Å². The molecule has 0 fully saturated rings. The van der Waals surface area contributed by atoms with Crippen LogP contribution in [-0.2, 0) is 4.79 Å². The summed E-state index contributed by atoms with van der Waals surface area (Å²) in [5.74, 6) is 0.0238. The number of imidazole rings is 1. The zero-order valence-corrected chi connectivity index (χ0v) is 16.1. The molecule has 0 spiro atoms. The van der Waals surface area contributed by atoms with Crippen LogP contribution < -0.4 is 5.32 Å². The Morgan fingerprint density at radius 1 is 1.22 bits per heavy atom. The van der Waals surface area contributed by atoms with Crippen LogP contribution in [0.5, 0.6) is 0 Å². The average molecular weight is 376 g/mol. The van der Waals surface area contributed by atoms with Crippen molar-refractivity contribution < 1.29 is 4.79 Å². The van der Waals surface area contributed by atoms with Crippen molar-refractivity contribution >= 4 is 17.7 Å². The monoisotopic (exact) mass is 376 g/mol. The molecule has 0 radical (unpaired) electrons. The van der Waals surface area contributed by atoms with Gasteiger partial charge in [0, 0.05) is 5.56 Å². The standard InChI is InChI=1S/C21H20N4OS/c1-15-8-9-18(16(2)12-15)25-19(17-6-4-3-5-7-17)13-24-21(25)27-14-20(26)23-11-10-22/h3-9,12-13H,11,14H2,1-2H3,(H,23,26). The van der Waals surface area contributed by atoms with E-state index in [2.05, 4.69) is 46.9 Å². The number of rotatable bonds is 6. The molecule has 3 aromatic rings. The second-order valence-electron chi connectivity index (χ2n) is 6.14. The van der Waals surface area contributed by atoms with Crippen molar-refractivity contribution in [2.24, 2.45) is 0 Å². The van der Waals surface area contributed by atoms with Crippen molar-refractivity contribution in [3.63, 3.8) is 0 Å². The highest BCUT2D eigenvalue weighted by atomic mass is 32.2. The average Bonchev–Trinajstić information content (AvgIpc) is 3.09. The van der Waals surface area contributed by atoms with E-state index in [0.717, 1.165) is 27.7 Å². The topological polar surface area (TPSA) is 70.7 Å². The summed E-state index contributed by atoms with van der Waals surface area (Å²) in [6, 6.07) is 18.3. The normalized spacial score (nSPS) is 10.4. The van der Waals surface area contributed by atoms with Gasteiger partial charge in [-0.3, -0.25) is 9.36 Å². The molecule has 1 amide bonds. The number of nitriles is 1. The minimum Gasteiger partial charge on any atom is -0.342 e. The van der Waals surface area contributed by atoms with Gasteiger partial charge in [-0.25, -0.2) is 4.98 Å². The number of aromatic nitrogens is 2. The van der Waals surface area contributed by atoms with E-state index in [1.807, 2.05) is 42.6 Å². The number of carbonyl (C=O) groups is 1. The lowest BCUT2D eigenvalue weighted by Crippen LogP contribution is -2.25. The van der Waals surface area contributed by atoms with Crippen LogP contribution in [0.25, 0.3) is 16.9 Å². The van der Waals surface area contributed by atoms with E-state index < -0.39 is 0 Å². The molecular weight excluding hydrogens is 356 g/mol. The minimum atomic E-state index is -0.182. The maximum atomic E-state index is 11.9. The van der Waals surface area contributed by atoms with Crippen LogP contribution >= 0.6 is 11.8 Å². The molecule has 0 aliphatic carbocycles. The van der Waals surface area contributed by atoms with Gasteiger partial charge in [0.15, 0.2) is 5.16 Å². The van der Waals surface area contributed by atoms with E-state index in [1.165, 1.54) is 17.3 Å². The largest absolute Gasteiger partial charge is 0.342 e. The quantitative estimate of drug-likeness (QED) is 0.523. The molecule has 136 valence electrons. The Bertz CT molecular complexity index is 989. The summed E-state index contributed by atoms with van der Waals surface area (Å²) in [6.45, 7) is 4.16. The summed E-state index contributed by atoms with van der Waals surface area (Å²) in [5.41, 5.74) is 5.41. The van der Waals surface area contributed by atoms with Crippen molar-refractivity contribution in [2.75, 3.05) is 12.3 Å². The molecule has 1 N–H and O–H groups in total. The fraction of sp³-hybridized carbons (Fsp3) is 0.190. The fourth-order valence-corrected chi connectivity index (χ4v) is 3.67. The van der Waals surface area contributed by atoms with E-state index in [1.54, 1.807) is 0 Å². The Labute approximate surface area is 163 Å². The molecule has 0 atom stereocenters. The number of nitrogens with zero attached hydrogens (tertiary/aromatic N) is 3. The number of thioether (sulfide) groups is 1. The number of amides is 1. The molecular formula is C21H20N4OS. The molecule has 0 saturated carbocycles. The fourth-order valence-electron chi connectivity index (χ4n) is 2.86. The molecule has 27 heavy (non-hydrogen) atoms. The lowest BCUT2D eigenvalue weighted by Gasteiger charge is -2.15. The van der Waals surface area contributed by atoms with E-state index in [9.17, 15) is 4.79 Å². The highest BCUT2D eigenvalue weighted by molar-refractivity contribution is 7.99. The van der Waals surface area contributed by atoms with Gasteiger partial charge in [0.2, 0.25) is 5.91 Å². The van der Waals surface area contributed by atoms with Crippen LogP contribution in [0, 0.1) is 25.2 Å². The second kappa shape index (κ2) is 8.56. The van der Waals surface area contributed by atoms with Gasteiger partial charge in [-0.2, -0.15) is 5.26 Å². The maximum absolute atomic E-state index is 11.9. The van der Waals surface area contributed by atoms with E-state index in [0.29, 0.717) is 0 Å². The summed E-state index contributed by atoms with van der Waals surface area (Å²) in [6.07, 6.45) is 1.84. The highest BCUT2D eigenvalue weighted by Crippen LogP contribution is 2.31. The Morgan fingerprint density at radius 2 is 2.00 bits per heavy atom. The first-order valence-electron chi connectivity index (χ1n) is 8.57. The predicted octanol–water partition coefficient (Wildman–Crippen LogP) is 3.89. The first-order chi connectivity index (χ1) is 13.1. The van der Waals surface area contributed by atoms with Gasteiger partial charge in [-0.15, -0.1) is 0 Å². The lowest BCUT2D eigenvalue weighted by molar-refractivity contribution is -0.118. The van der Waals surface area contributed by atoms with Gasteiger partial charge in [0.25, 0.3) is 0 Å². The van der Waals surface area contributed by atoms with Crippen LogP contribution in [0.1, 0.15) is 11.1 Å². The van der Waals surface area contributed by atoms with Crippen LogP contribution in [0.2, 0.25) is 0 Å². The predicted molar refractivity (Wildman–Crippen MR) is 108 cm³/mol. The van der Waals surface area contributed by atoms with Crippen LogP contribution in [0.3, 0.4) is 0 Å². The van der Waals surface area contributed by atoms with E-state index in [-0.39, 0.29) is 18.2 Å². The molecule has 2 aromatic carbocycles. The Balaban J connectivity index is 2.00. The molecule has 1 heterocycles. The molecule has 0 aliphatic heterocycles. The Kier molecular flexibility index (Phi) is 5.94. The molecule has 0 saturated heterocycles. The van der Waals surface area contributed by atoms with Crippen molar-refractivity contribution in [1.82, 2.24) is 14.9 Å². The number of benzene rings is 2. The lowest BCUT2D eigenvalue weighted by atomic mass is 10.1. The molecule has 0 bridgehead atoms. The smallest absolute Gasteiger partial charge is 0.231 e. The zero-order chi connectivity index (χ0) is 19.2. The van der Waals surface area contributed by atoms with Crippen LogP contribution in [0.15, 0.2) is 59.9 Å². The summed E-state index contributed by atoms with van der Waals surface area (Å²) < 4.78 is 2.09. The SMILES string of the molecule is Cc1ccc(-n2c(-c3ccccc3)cnc2SCC(=O)NCC#N)c(C)c1. The van der Waals surface area contributed by atoms with Crippen LogP contribution in [-0.4, -0.2) is 27.8 Å². The van der Waals surface area contributed by atoms with Crippen molar-refractivity contribution in [3.8, 4) is 23.0 Å². The van der Waals surface area contributed by atoms with Crippen LogP contribution in [0.4, 0.5) is 0 Å². The summed E-state index contributed by atoms with van der Waals surface area (Å²) >= 11 is 1.36. The first kappa shape index (κ1) is 18.7. The number of aryl methyl sites for hydroxylation is 2. The van der Waals surface area contributed by atoms with Crippen molar-refractivity contribution in [2.45, 2.75) is 19.0 Å². The summed E-state index contributed by atoms with van der Waals surface area (Å²) in [7, 11) is 0. The van der Waals surface area contributed by atoms with Gasteiger partial charge in [-0.05, 0) is 25.5 Å². The van der Waals surface area contributed by atoms with Gasteiger partial charge < -0.3 is 5.32 Å². The molecule has 6 heteroatoms. The Morgan fingerprint density at radius 3 is 2.70 bits per heavy atom.